The van der Waals surface area contributed by atoms with Crippen molar-refractivity contribution in [2.75, 3.05) is 0 Å². The lowest BCUT2D eigenvalue weighted by Gasteiger charge is -2.07. The lowest BCUT2D eigenvalue weighted by molar-refractivity contribution is 0.0954. The lowest BCUT2D eigenvalue weighted by atomic mass is 10.1. The number of hydrogen-bond acceptors (Lipinski definition) is 3. The monoisotopic (exact) mass is 217 g/mol. The number of hydrazine groups is 1. The van der Waals surface area contributed by atoms with Gasteiger partial charge in [0, 0.05) is 24.0 Å². The zero-order valence-corrected chi connectivity index (χ0v) is 8.73. The highest BCUT2D eigenvalue weighted by Crippen LogP contribution is 2.14. The molecule has 16 heavy (non-hydrogen) atoms. The van der Waals surface area contributed by atoms with Crippen molar-refractivity contribution in [3.8, 4) is 0 Å². The number of nitrogens with two attached hydrogens (primary N) is 1. The molecule has 1 heterocycles. The zero-order chi connectivity index (χ0) is 11.7. The minimum atomic E-state index is -0.410. The molecule has 0 saturated heterocycles. The molecule has 0 aliphatic heterocycles. The van der Waals surface area contributed by atoms with Gasteiger partial charge in [-0.05, 0) is 6.07 Å². The second kappa shape index (κ2) is 3.79. The summed E-state index contributed by atoms with van der Waals surface area (Å²) in [6, 6.07) is 6.94. The summed E-state index contributed by atoms with van der Waals surface area (Å²) < 4.78 is 1.37. The zero-order valence-electron chi connectivity index (χ0n) is 8.73. The summed E-state index contributed by atoms with van der Waals surface area (Å²) in [4.78, 5) is 23.3. The molecule has 0 fully saturated rings. The molecule has 0 bridgehead atoms. The van der Waals surface area contributed by atoms with Gasteiger partial charge in [0.1, 0.15) is 0 Å². The molecule has 3 N–H and O–H groups in total. The third-order valence-corrected chi connectivity index (χ3v) is 2.47. The van der Waals surface area contributed by atoms with E-state index < -0.39 is 5.91 Å². The Labute approximate surface area is 91.5 Å². The predicted molar refractivity (Wildman–Crippen MR) is 60.8 cm³/mol. The quantitative estimate of drug-likeness (QED) is 0.405. The van der Waals surface area contributed by atoms with Crippen molar-refractivity contribution >= 4 is 16.7 Å². The van der Waals surface area contributed by atoms with Crippen LogP contribution in [0.4, 0.5) is 0 Å². The second-order valence-electron chi connectivity index (χ2n) is 3.48. The van der Waals surface area contributed by atoms with Crippen molar-refractivity contribution in [1.29, 1.82) is 0 Å². The first kappa shape index (κ1) is 10.4. The molecule has 82 valence electrons. The molecule has 2 aromatic rings. The number of nitrogen functional groups attached to an aromatic ring is 1. The number of aromatic nitrogens is 1. The summed E-state index contributed by atoms with van der Waals surface area (Å²) in [6.07, 6.45) is 1.48. The summed E-state index contributed by atoms with van der Waals surface area (Å²) in [5, 5.41) is 1.11. The molecule has 1 amide bonds. The Hall–Kier alpha value is -2.14. The highest BCUT2D eigenvalue weighted by atomic mass is 16.2. The van der Waals surface area contributed by atoms with Gasteiger partial charge in [0.2, 0.25) is 0 Å². The van der Waals surface area contributed by atoms with Crippen LogP contribution in [0.2, 0.25) is 0 Å². The van der Waals surface area contributed by atoms with E-state index in [2.05, 4.69) is 5.43 Å². The number of hydrogen-bond donors (Lipinski definition) is 2. The summed E-state index contributed by atoms with van der Waals surface area (Å²) in [5.41, 5.74) is 2.32. The first-order valence-corrected chi connectivity index (χ1v) is 4.74. The number of nitrogens with zero attached hydrogens (tertiary/aromatic N) is 1. The van der Waals surface area contributed by atoms with Crippen LogP contribution in [0.1, 0.15) is 10.4 Å². The Morgan fingerprint density at radius 2 is 1.94 bits per heavy atom. The molecule has 0 unspecified atom stereocenters. The van der Waals surface area contributed by atoms with E-state index in [4.69, 9.17) is 5.84 Å². The highest BCUT2D eigenvalue weighted by Gasteiger charge is 2.11. The smallest absolute Gasteiger partial charge is 0.267 e. The molecule has 0 atom stereocenters. The standard InChI is InChI=1S/C11H11N3O2/c1-14-6-9(10(15)13-12)7-4-2-3-5-8(7)11(14)16/h2-6H,12H2,1H3,(H,13,15). The van der Waals surface area contributed by atoms with Crippen LogP contribution in [0.25, 0.3) is 10.8 Å². The maximum absolute atomic E-state index is 11.8. The van der Waals surface area contributed by atoms with Crippen LogP contribution < -0.4 is 16.8 Å². The Balaban J connectivity index is 2.90. The minimum absolute atomic E-state index is 0.135. The summed E-state index contributed by atoms with van der Waals surface area (Å²) >= 11 is 0. The normalized spacial score (nSPS) is 10.4. The van der Waals surface area contributed by atoms with Crippen LogP contribution in [0.5, 0.6) is 0 Å². The molecule has 0 aliphatic rings. The largest absolute Gasteiger partial charge is 0.317 e. The molecule has 1 aromatic carbocycles. The number of rotatable bonds is 1. The molecule has 0 saturated carbocycles. The van der Waals surface area contributed by atoms with Gasteiger partial charge in [0.25, 0.3) is 11.5 Å². The van der Waals surface area contributed by atoms with Gasteiger partial charge < -0.3 is 4.57 Å². The van der Waals surface area contributed by atoms with E-state index in [9.17, 15) is 9.59 Å². The number of benzene rings is 1. The number of nitrogens with one attached hydrogen (secondary N) is 1. The fourth-order valence-corrected chi connectivity index (χ4v) is 1.67. The second-order valence-corrected chi connectivity index (χ2v) is 3.48. The molecular weight excluding hydrogens is 206 g/mol. The van der Waals surface area contributed by atoms with Crippen molar-refractivity contribution in [2.45, 2.75) is 0 Å². The van der Waals surface area contributed by atoms with Crippen LogP contribution >= 0.6 is 0 Å². The first-order chi connectivity index (χ1) is 7.65. The maximum Gasteiger partial charge on any atom is 0.267 e. The molecule has 1 aromatic heterocycles. The van der Waals surface area contributed by atoms with Crippen molar-refractivity contribution in [2.24, 2.45) is 12.9 Å². The fourth-order valence-electron chi connectivity index (χ4n) is 1.67. The molecule has 0 spiro atoms. The molecular formula is C11H11N3O2. The molecule has 0 aliphatic carbocycles. The predicted octanol–water partition coefficient (Wildman–Crippen LogP) is 0.142. The maximum atomic E-state index is 11.8. The van der Waals surface area contributed by atoms with Gasteiger partial charge >= 0.3 is 0 Å². The number of carbonyl (C=O) groups excluding carboxylic acids is 1. The van der Waals surface area contributed by atoms with Crippen molar-refractivity contribution in [3.63, 3.8) is 0 Å². The SMILES string of the molecule is Cn1cc(C(=O)NN)c2ccccc2c1=O. The Kier molecular flexibility index (Phi) is 2.46. The molecule has 5 nitrogen and oxygen atoms in total. The molecule has 0 radical (unpaired) electrons. The van der Waals surface area contributed by atoms with Gasteiger partial charge in [0.05, 0.1) is 5.56 Å². The van der Waals surface area contributed by atoms with Crippen molar-refractivity contribution < 1.29 is 4.79 Å². The average Bonchev–Trinajstić information content (AvgIpc) is 2.33. The molecule has 2 rings (SSSR count). The van der Waals surface area contributed by atoms with Crippen LogP contribution in [0.15, 0.2) is 35.3 Å². The van der Waals surface area contributed by atoms with E-state index in [1.165, 1.54) is 10.8 Å². The highest BCUT2D eigenvalue weighted by molar-refractivity contribution is 6.06. The van der Waals surface area contributed by atoms with Gasteiger partial charge in [-0.15, -0.1) is 0 Å². The Bertz CT molecular complexity index is 616. The van der Waals surface area contributed by atoms with Gasteiger partial charge in [-0.1, -0.05) is 18.2 Å². The van der Waals surface area contributed by atoms with E-state index in [-0.39, 0.29) is 5.56 Å². The summed E-state index contributed by atoms with van der Waals surface area (Å²) in [5.74, 6) is 4.69. The number of fused-ring (bicyclic) bond motifs is 1. The van der Waals surface area contributed by atoms with E-state index >= 15 is 0 Å². The van der Waals surface area contributed by atoms with Gasteiger partial charge in [-0.3, -0.25) is 15.0 Å². The van der Waals surface area contributed by atoms with E-state index in [0.717, 1.165) is 0 Å². The fraction of sp³-hybridized carbons (Fsp3) is 0.0909. The molecule has 5 heteroatoms. The number of amides is 1. The van der Waals surface area contributed by atoms with E-state index in [0.29, 0.717) is 16.3 Å². The van der Waals surface area contributed by atoms with Gasteiger partial charge in [-0.25, -0.2) is 5.84 Å². The van der Waals surface area contributed by atoms with Gasteiger partial charge in [0.15, 0.2) is 0 Å². The first-order valence-electron chi connectivity index (χ1n) is 4.74. The van der Waals surface area contributed by atoms with Crippen molar-refractivity contribution in [3.05, 3.63) is 46.4 Å². The average molecular weight is 217 g/mol. The third kappa shape index (κ3) is 1.47. The summed E-state index contributed by atoms with van der Waals surface area (Å²) in [6.45, 7) is 0. The summed E-state index contributed by atoms with van der Waals surface area (Å²) in [7, 11) is 1.60. The van der Waals surface area contributed by atoms with Crippen LogP contribution in [0, 0.1) is 0 Å². The number of aryl methyl sites for hydroxylation is 1. The van der Waals surface area contributed by atoms with Crippen LogP contribution in [-0.2, 0) is 7.05 Å². The van der Waals surface area contributed by atoms with Crippen molar-refractivity contribution in [1.82, 2.24) is 9.99 Å². The minimum Gasteiger partial charge on any atom is -0.317 e. The van der Waals surface area contributed by atoms with E-state index in [1.807, 2.05) is 0 Å². The van der Waals surface area contributed by atoms with Gasteiger partial charge in [-0.2, -0.15) is 0 Å². The lowest BCUT2D eigenvalue weighted by Crippen LogP contribution is -2.31. The van der Waals surface area contributed by atoms with Crippen LogP contribution in [0.3, 0.4) is 0 Å². The Morgan fingerprint density at radius 1 is 1.31 bits per heavy atom. The number of carbonyl (C=O) groups is 1. The number of pyridine rings is 1. The van der Waals surface area contributed by atoms with E-state index in [1.54, 1.807) is 31.3 Å². The topological polar surface area (TPSA) is 77.1 Å². The third-order valence-electron chi connectivity index (χ3n) is 2.47. The Morgan fingerprint density at radius 3 is 2.56 bits per heavy atom. The van der Waals surface area contributed by atoms with Crippen LogP contribution in [-0.4, -0.2) is 10.5 Å².